The fourth-order valence-corrected chi connectivity index (χ4v) is 3.15. The molecule has 4 rings (SSSR count). The van der Waals surface area contributed by atoms with Gasteiger partial charge in [0.15, 0.2) is 0 Å². The number of pyridine rings is 1. The lowest BCUT2D eigenvalue weighted by atomic mass is 10.0. The number of H-pyrrole nitrogens is 1. The molecular weight excluding hydrogens is 318 g/mol. The summed E-state index contributed by atoms with van der Waals surface area (Å²) in [7, 11) is 1.65. The lowest BCUT2D eigenvalue weighted by Gasteiger charge is -2.07. The molecule has 2 heterocycles. The number of benzene rings is 1. The average molecular weight is 337 g/mol. The van der Waals surface area contributed by atoms with Crippen LogP contribution in [-0.4, -0.2) is 34.7 Å². The van der Waals surface area contributed by atoms with E-state index in [0.29, 0.717) is 11.5 Å². The number of carbonyl (C=O) groups excluding carboxylic acids is 1. The zero-order valence-electron chi connectivity index (χ0n) is 13.8. The first-order chi connectivity index (χ1) is 12.2. The maximum Gasteiger partial charge on any atom is 0.229 e. The number of rotatable bonds is 5. The van der Waals surface area contributed by atoms with Crippen molar-refractivity contribution in [1.29, 1.82) is 0 Å². The monoisotopic (exact) mass is 337 g/mol. The number of hydrogen-bond acceptors (Lipinski definition) is 4. The fraction of sp³-hybridized carbons (Fsp3) is 0.263. The molecule has 6 heteroatoms. The zero-order chi connectivity index (χ0) is 17.4. The number of aromatic nitrogens is 2. The van der Waals surface area contributed by atoms with Gasteiger partial charge in [-0.15, -0.1) is 0 Å². The van der Waals surface area contributed by atoms with Crippen LogP contribution in [0.25, 0.3) is 22.2 Å². The Hall–Kier alpha value is -2.86. The molecule has 1 aliphatic rings. The molecule has 0 radical (unpaired) electrons. The van der Waals surface area contributed by atoms with E-state index in [1.54, 1.807) is 13.2 Å². The highest BCUT2D eigenvalue weighted by Crippen LogP contribution is 2.39. The van der Waals surface area contributed by atoms with Gasteiger partial charge < -0.3 is 20.1 Å². The van der Waals surface area contributed by atoms with Gasteiger partial charge in [0.05, 0.1) is 7.11 Å². The predicted molar refractivity (Wildman–Crippen MR) is 95.4 cm³/mol. The molecule has 1 aromatic carbocycles. The molecular formula is C19H19N3O3. The van der Waals surface area contributed by atoms with Crippen LogP contribution in [0.1, 0.15) is 6.42 Å². The van der Waals surface area contributed by atoms with Crippen LogP contribution in [0, 0.1) is 11.8 Å². The van der Waals surface area contributed by atoms with Gasteiger partial charge >= 0.3 is 0 Å². The summed E-state index contributed by atoms with van der Waals surface area (Å²) in [6, 6.07) is 11.5. The van der Waals surface area contributed by atoms with Crippen molar-refractivity contribution in [3.63, 3.8) is 0 Å². The molecule has 0 spiro atoms. The Morgan fingerprint density at radius 2 is 2.16 bits per heavy atom. The number of aliphatic hydroxyl groups excluding tert-OH is 1. The topological polar surface area (TPSA) is 87.2 Å². The van der Waals surface area contributed by atoms with Gasteiger partial charge in [0.25, 0.3) is 0 Å². The molecule has 0 aliphatic heterocycles. The predicted octanol–water partition coefficient (Wildman–Crippen LogP) is 2.81. The summed E-state index contributed by atoms with van der Waals surface area (Å²) in [5.74, 6) is 1.21. The number of hydrogen-bond donors (Lipinski definition) is 3. The van der Waals surface area contributed by atoms with Crippen LogP contribution >= 0.6 is 0 Å². The number of para-hydroxylation sites is 1. The van der Waals surface area contributed by atoms with E-state index in [2.05, 4.69) is 15.3 Å². The first-order valence-electron chi connectivity index (χ1n) is 8.24. The second kappa shape index (κ2) is 6.22. The number of methoxy groups -OCH3 is 1. The summed E-state index contributed by atoms with van der Waals surface area (Å²) in [6.07, 6.45) is 2.63. The van der Waals surface area contributed by atoms with Gasteiger partial charge in [0.2, 0.25) is 5.91 Å². The van der Waals surface area contributed by atoms with Crippen LogP contribution < -0.4 is 10.1 Å². The second-order valence-corrected chi connectivity index (χ2v) is 6.27. The van der Waals surface area contributed by atoms with Crippen molar-refractivity contribution in [1.82, 2.24) is 9.97 Å². The van der Waals surface area contributed by atoms with Crippen molar-refractivity contribution in [2.45, 2.75) is 6.42 Å². The van der Waals surface area contributed by atoms with Crippen molar-refractivity contribution in [3.8, 4) is 16.9 Å². The Morgan fingerprint density at radius 3 is 2.92 bits per heavy atom. The minimum atomic E-state index is -0.102. The van der Waals surface area contributed by atoms with Gasteiger partial charge in [-0.1, -0.05) is 18.2 Å². The number of anilines is 1. The SMILES string of the molecule is COc1ccccc1-c1c[nH]c2nc(NC(=O)[C@@H]3C[C@H]3CO)ccc12. The maximum absolute atomic E-state index is 12.1. The third-order valence-corrected chi connectivity index (χ3v) is 4.68. The molecule has 128 valence electrons. The molecule has 1 amide bonds. The molecule has 0 saturated heterocycles. The molecule has 1 fully saturated rings. The van der Waals surface area contributed by atoms with E-state index >= 15 is 0 Å². The number of amides is 1. The summed E-state index contributed by atoms with van der Waals surface area (Å²) >= 11 is 0. The van der Waals surface area contributed by atoms with Crippen LogP contribution in [-0.2, 0) is 4.79 Å². The van der Waals surface area contributed by atoms with Crippen LogP contribution in [0.15, 0.2) is 42.6 Å². The summed E-state index contributed by atoms with van der Waals surface area (Å²) in [6.45, 7) is 0.0590. The van der Waals surface area contributed by atoms with Crippen molar-refractivity contribution in [2.24, 2.45) is 11.8 Å². The lowest BCUT2D eigenvalue weighted by Crippen LogP contribution is -2.16. The third kappa shape index (κ3) is 2.85. The number of carbonyl (C=O) groups is 1. The van der Waals surface area contributed by atoms with Gasteiger partial charge in [0.1, 0.15) is 17.2 Å². The number of aliphatic hydroxyl groups is 1. The zero-order valence-corrected chi connectivity index (χ0v) is 13.8. The molecule has 25 heavy (non-hydrogen) atoms. The first-order valence-corrected chi connectivity index (χ1v) is 8.24. The molecule has 2 aromatic heterocycles. The van der Waals surface area contributed by atoms with E-state index in [9.17, 15) is 4.79 Å². The quantitative estimate of drug-likeness (QED) is 0.668. The molecule has 3 aromatic rings. The van der Waals surface area contributed by atoms with E-state index in [1.165, 1.54) is 0 Å². The lowest BCUT2D eigenvalue weighted by molar-refractivity contribution is -0.117. The maximum atomic E-state index is 12.1. The first kappa shape index (κ1) is 15.7. The summed E-state index contributed by atoms with van der Waals surface area (Å²) < 4.78 is 5.44. The van der Waals surface area contributed by atoms with E-state index in [4.69, 9.17) is 9.84 Å². The Labute approximate surface area is 144 Å². The van der Waals surface area contributed by atoms with Crippen molar-refractivity contribution in [3.05, 3.63) is 42.6 Å². The highest BCUT2D eigenvalue weighted by atomic mass is 16.5. The van der Waals surface area contributed by atoms with Gasteiger partial charge in [-0.2, -0.15) is 0 Å². The molecule has 1 aliphatic carbocycles. The van der Waals surface area contributed by atoms with E-state index in [0.717, 1.165) is 28.7 Å². The molecule has 1 saturated carbocycles. The van der Waals surface area contributed by atoms with Crippen LogP contribution in [0.3, 0.4) is 0 Å². The van der Waals surface area contributed by atoms with E-state index in [-0.39, 0.29) is 24.3 Å². The molecule has 0 unspecified atom stereocenters. The largest absolute Gasteiger partial charge is 0.496 e. The number of fused-ring (bicyclic) bond motifs is 1. The number of aromatic amines is 1. The third-order valence-electron chi connectivity index (χ3n) is 4.68. The Bertz CT molecular complexity index is 935. The standard InChI is InChI=1S/C19H19N3O3/c1-25-16-5-3-2-4-12(16)15-9-20-18-13(15)6-7-17(21-18)22-19(24)14-8-11(14)10-23/h2-7,9,11,14,23H,8,10H2,1H3,(H2,20,21,22,24)/t11-,14+/m0/s1. The Kier molecular flexibility index (Phi) is 3.89. The highest BCUT2D eigenvalue weighted by molar-refractivity contribution is 5.98. The summed E-state index contributed by atoms with van der Waals surface area (Å²) in [5.41, 5.74) is 2.69. The number of nitrogens with one attached hydrogen (secondary N) is 2. The molecule has 3 N–H and O–H groups in total. The van der Waals surface area contributed by atoms with Crippen molar-refractivity contribution >= 4 is 22.8 Å². The Balaban J connectivity index is 1.62. The number of ether oxygens (including phenoxy) is 1. The minimum Gasteiger partial charge on any atom is -0.496 e. The van der Waals surface area contributed by atoms with Crippen molar-refractivity contribution in [2.75, 3.05) is 19.0 Å². The van der Waals surface area contributed by atoms with Gasteiger partial charge in [-0.3, -0.25) is 4.79 Å². The highest BCUT2D eigenvalue weighted by Gasteiger charge is 2.42. The molecule has 0 bridgehead atoms. The normalized spacial score (nSPS) is 19.0. The van der Waals surface area contributed by atoms with E-state index < -0.39 is 0 Å². The second-order valence-electron chi connectivity index (χ2n) is 6.27. The van der Waals surface area contributed by atoms with Crippen LogP contribution in [0.2, 0.25) is 0 Å². The van der Waals surface area contributed by atoms with Crippen LogP contribution in [0.4, 0.5) is 5.82 Å². The number of nitrogens with zero attached hydrogens (tertiary/aromatic N) is 1. The van der Waals surface area contributed by atoms with Gasteiger partial charge in [-0.25, -0.2) is 4.98 Å². The average Bonchev–Trinajstić information content (AvgIpc) is 3.33. The van der Waals surface area contributed by atoms with Crippen molar-refractivity contribution < 1.29 is 14.6 Å². The smallest absolute Gasteiger partial charge is 0.229 e. The summed E-state index contributed by atoms with van der Waals surface area (Å²) in [5, 5.41) is 12.9. The van der Waals surface area contributed by atoms with E-state index in [1.807, 2.05) is 36.5 Å². The van der Waals surface area contributed by atoms with Gasteiger partial charge in [0, 0.05) is 35.2 Å². The fourth-order valence-electron chi connectivity index (χ4n) is 3.15. The van der Waals surface area contributed by atoms with Crippen LogP contribution in [0.5, 0.6) is 5.75 Å². The molecule has 2 atom stereocenters. The minimum absolute atomic E-state index is 0.0590. The van der Waals surface area contributed by atoms with Gasteiger partial charge in [-0.05, 0) is 30.5 Å². The Morgan fingerprint density at radius 1 is 1.32 bits per heavy atom. The molecule has 6 nitrogen and oxygen atoms in total. The summed E-state index contributed by atoms with van der Waals surface area (Å²) in [4.78, 5) is 19.7.